The van der Waals surface area contributed by atoms with Crippen molar-refractivity contribution in [1.29, 1.82) is 0 Å². The zero-order valence-electron chi connectivity index (χ0n) is 13.0. The predicted octanol–water partition coefficient (Wildman–Crippen LogP) is 4.50. The summed E-state index contributed by atoms with van der Waals surface area (Å²) in [5, 5.41) is 4.89. The molecule has 22 heavy (non-hydrogen) atoms. The molecule has 0 unspecified atom stereocenters. The average molecular weight is 315 g/mol. The fourth-order valence-corrected chi connectivity index (χ4v) is 2.27. The third-order valence-electron chi connectivity index (χ3n) is 3.55. The van der Waals surface area contributed by atoms with Crippen molar-refractivity contribution in [3.63, 3.8) is 0 Å². The second kappa shape index (κ2) is 7.23. The first-order valence-corrected chi connectivity index (χ1v) is 7.59. The lowest BCUT2D eigenvalue weighted by Gasteiger charge is -2.07. The van der Waals surface area contributed by atoms with Crippen molar-refractivity contribution in [3.05, 3.63) is 69.7 Å². The number of rotatable bonds is 4. The maximum atomic E-state index is 12.2. The third-order valence-corrected chi connectivity index (χ3v) is 3.79. The highest BCUT2D eigenvalue weighted by molar-refractivity contribution is 6.31. The van der Waals surface area contributed by atoms with E-state index in [-0.39, 0.29) is 5.91 Å². The highest BCUT2D eigenvalue weighted by Crippen LogP contribution is 2.13. The molecular weight excluding hydrogens is 296 g/mol. The molecule has 0 saturated heterocycles. The molecule has 0 radical (unpaired) electrons. The van der Waals surface area contributed by atoms with Gasteiger partial charge in [0.15, 0.2) is 0 Å². The maximum Gasteiger partial charge on any atom is 0.271 e. The molecule has 2 rings (SSSR count). The number of benzene rings is 2. The van der Waals surface area contributed by atoms with Crippen LogP contribution < -0.4 is 5.43 Å². The maximum absolute atomic E-state index is 12.2. The van der Waals surface area contributed by atoms with E-state index in [1.54, 1.807) is 6.07 Å². The van der Waals surface area contributed by atoms with E-state index in [1.807, 2.05) is 57.2 Å². The van der Waals surface area contributed by atoms with Gasteiger partial charge in [-0.1, -0.05) is 36.7 Å². The fourth-order valence-electron chi connectivity index (χ4n) is 2.08. The Hall–Kier alpha value is -2.13. The molecule has 114 valence electrons. The number of aryl methyl sites for hydroxylation is 2. The lowest BCUT2D eigenvalue weighted by molar-refractivity contribution is 0.0954. The molecule has 1 N–H and O–H groups in total. The van der Waals surface area contributed by atoms with Crippen molar-refractivity contribution >= 4 is 23.2 Å². The Morgan fingerprint density at radius 3 is 2.50 bits per heavy atom. The number of hydrogen-bond donors (Lipinski definition) is 1. The van der Waals surface area contributed by atoms with Gasteiger partial charge in [0.2, 0.25) is 0 Å². The van der Waals surface area contributed by atoms with Crippen molar-refractivity contribution < 1.29 is 4.79 Å². The smallest absolute Gasteiger partial charge is 0.267 e. The minimum atomic E-state index is -0.212. The second-order valence-electron chi connectivity index (χ2n) is 5.16. The number of hydrazone groups is 1. The Kier molecular flexibility index (Phi) is 5.34. The van der Waals surface area contributed by atoms with Crippen molar-refractivity contribution in [3.8, 4) is 0 Å². The molecule has 0 spiro atoms. The summed E-state index contributed by atoms with van der Waals surface area (Å²) in [6, 6.07) is 13.1. The van der Waals surface area contributed by atoms with Gasteiger partial charge in [-0.3, -0.25) is 4.79 Å². The summed E-state index contributed by atoms with van der Waals surface area (Å²) < 4.78 is 0. The number of nitrogens with zero attached hydrogens (tertiary/aromatic N) is 1. The molecule has 0 aliphatic heterocycles. The van der Waals surface area contributed by atoms with E-state index >= 15 is 0 Å². The van der Waals surface area contributed by atoms with Gasteiger partial charge in [-0.2, -0.15) is 5.10 Å². The van der Waals surface area contributed by atoms with Gasteiger partial charge in [0.25, 0.3) is 5.91 Å². The summed E-state index contributed by atoms with van der Waals surface area (Å²) in [5.74, 6) is -0.212. The average Bonchev–Trinajstić information content (AvgIpc) is 2.50. The van der Waals surface area contributed by atoms with Crippen molar-refractivity contribution in [2.75, 3.05) is 0 Å². The molecule has 0 aliphatic carbocycles. The van der Waals surface area contributed by atoms with Gasteiger partial charge in [-0.15, -0.1) is 0 Å². The molecule has 0 heterocycles. The highest BCUT2D eigenvalue weighted by Gasteiger charge is 2.07. The summed E-state index contributed by atoms with van der Waals surface area (Å²) in [6.45, 7) is 5.99. The number of amides is 1. The number of hydrogen-bond acceptors (Lipinski definition) is 2. The van der Waals surface area contributed by atoms with E-state index < -0.39 is 0 Å². The Balaban J connectivity index is 2.17. The molecule has 0 aliphatic rings. The largest absolute Gasteiger partial charge is 0.271 e. The van der Waals surface area contributed by atoms with Gasteiger partial charge in [-0.25, -0.2) is 5.43 Å². The molecule has 0 aromatic heterocycles. The zero-order chi connectivity index (χ0) is 16.1. The number of carbonyl (C=O) groups excluding carboxylic acids is 1. The molecule has 1 amide bonds. The first-order chi connectivity index (χ1) is 10.5. The lowest BCUT2D eigenvalue weighted by atomic mass is 10.1. The van der Waals surface area contributed by atoms with Crippen molar-refractivity contribution in [2.45, 2.75) is 27.2 Å². The summed E-state index contributed by atoms with van der Waals surface area (Å²) in [7, 11) is 0. The molecule has 4 heteroatoms. The normalized spacial score (nSPS) is 11.4. The van der Waals surface area contributed by atoms with Crippen LogP contribution in [0.4, 0.5) is 0 Å². The summed E-state index contributed by atoms with van der Waals surface area (Å²) in [4.78, 5) is 12.2. The topological polar surface area (TPSA) is 41.5 Å². The van der Waals surface area contributed by atoms with Gasteiger partial charge in [0.1, 0.15) is 0 Å². The van der Waals surface area contributed by atoms with Crippen molar-refractivity contribution in [1.82, 2.24) is 5.43 Å². The first kappa shape index (κ1) is 16.2. The molecule has 0 bridgehead atoms. The Bertz CT molecular complexity index is 723. The van der Waals surface area contributed by atoms with E-state index in [2.05, 4.69) is 10.5 Å². The summed E-state index contributed by atoms with van der Waals surface area (Å²) in [6.07, 6.45) is 0.702. The molecule has 0 fully saturated rings. The Morgan fingerprint density at radius 1 is 1.09 bits per heavy atom. The molecule has 2 aromatic carbocycles. The van der Waals surface area contributed by atoms with Crippen LogP contribution in [0.25, 0.3) is 0 Å². The molecule has 3 nitrogen and oxygen atoms in total. The zero-order valence-corrected chi connectivity index (χ0v) is 13.7. The standard InChI is InChI=1S/C18H19ClN2O/c1-4-17(14-6-5-7-16(19)11-14)20-21-18(22)15-9-8-12(2)13(3)10-15/h5-11H,4H2,1-3H3,(H,21,22). The van der Waals surface area contributed by atoms with Crippen LogP contribution in [-0.4, -0.2) is 11.6 Å². The van der Waals surface area contributed by atoms with Crippen LogP contribution in [0.5, 0.6) is 0 Å². The van der Waals surface area contributed by atoms with Crippen LogP contribution in [0.3, 0.4) is 0 Å². The van der Waals surface area contributed by atoms with E-state index in [0.29, 0.717) is 17.0 Å². The minimum Gasteiger partial charge on any atom is -0.267 e. The quantitative estimate of drug-likeness (QED) is 0.655. The predicted molar refractivity (Wildman–Crippen MR) is 91.7 cm³/mol. The van der Waals surface area contributed by atoms with E-state index in [4.69, 9.17) is 11.6 Å². The van der Waals surface area contributed by atoms with Gasteiger partial charge >= 0.3 is 0 Å². The SMILES string of the molecule is CCC(=NNC(=O)c1ccc(C)c(C)c1)c1cccc(Cl)c1. The summed E-state index contributed by atoms with van der Waals surface area (Å²) >= 11 is 5.99. The van der Waals surface area contributed by atoms with Gasteiger partial charge in [-0.05, 0) is 61.2 Å². The van der Waals surface area contributed by atoms with E-state index in [9.17, 15) is 4.79 Å². The van der Waals surface area contributed by atoms with E-state index in [1.165, 1.54) is 0 Å². The van der Waals surface area contributed by atoms with Crippen LogP contribution in [0.2, 0.25) is 5.02 Å². The monoisotopic (exact) mass is 314 g/mol. The van der Waals surface area contributed by atoms with Crippen LogP contribution in [-0.2, 0) is 0 Å². The number of halogens is 1. The highest BCUT2D eigenvalue weighted by atomic mass is 35.5. The molecule has 0 saturated carbocycles. The fraction of sp³-hybridized carbons (Fsp3) is 0.222. The Labute approximate surface area is 136 Å². The molecule has 2 aromatic rings. The third kappa shape index (κ3) is 3.95. The Morgan fingerprint density at radius 2 is 1.86 bits per heavy atom. The van der Waals surface area contributed by atoms with Crippen LogP contribution in [0, 0.1) is 13.8 Å². The second-order valence-corrected chi connectivity index (χ2v) is 5.60. The molecule has 0 atom stereocenters. The number of nitrogens with one attached hydrogen (secondary N) is 1. The van der Waals surface area contributed by atoms with Gasteiger partial charge < -0.3 is 0 Å². The lowest BCUT2D eigenvalue weighted by Crippen LogP contribution is -2.20. The van der Waals surface area contributed by atoms with Crippen molar-refractivity contribution in [2.24, 2.45) is 5.10 Å². The summed E-state index contributed by atoms with van der Waals surface area (Å²) in [5.41, 5.74) is 7.18. The van der Waals surface area contributed by atoms with Crippen LogP contribution >= 0.6 is 11.6 Å². The van der Waals surface area contributed by atoms with Crippen LogP contribution in [0.15, 0.2) is 47.6 Å². The van der Waals surface area contributed by atoms with Gasteiger partial charge in [0.05, 0.1) is 5.71 Å². The number of carbonyl (C=O) groups is 1. The first-order valence-electron chi connectivity index (χ1n) is 7.21. The minimum absolute atomic E-state index is 0.212. The van der Waals surface area contributed by atoms with E-state index in [0.717, 1.165) is 22.4 Å². The van der Waals surface area contributed by atoms with Gasteiger partial charge in [0, 0.05) is 10.6 Å². The molecular formula is C18H19ClN2O. The van der Waals surface area contributed by atoms with Crippen LogP contribution in [0.1, 0.15) is 40.4 Å².